The fraction of sp³-hybridized carbons (Fsp3) is 0.316. The van der Waals surface area contributed by atoms with Gasteiger partial charge in [0.25, 0.3) is 0 Å². The van der Waals surface area contributed by atoms with Crippen molar-refractivity contribution in [3.8, 4) is 16.9 Å². The molecular formula is C19H15F3N2O3S. The van der Waals surface area contributed by atoms with E-state index in [4.69, 9.17) is 4.74 Å². The van der Waals surface area contributed by atoms with Crippen LogP contribution in [0.25, 0.3) is 22.2 Å². The number of benzene rings is 2. The Morgan fingerprint density at radius 1 is 1.14 bits per heavy atom. The molecule has 0 aliphatic heterocycles. The molecule has 0 unspecified atom stereocenters. The number of hydrogen-bond donors (Lipinski definition) is 1. The largest absolute Gasteiger partial charge is 0.483 e. The van der Waals surface area contributed by atoms with E-state index in [1.807, 2.05) is 0 Å². The molecule has 1 fully saturated rings. The summed E-state index contributed by atoms with van der Waals surface area (Å²) in [6.07, 6.45) is -2.68. The number of nitrogens with zero attached hydrogens (tertiary/aromatic N) is 2. The molecule has 2 aromatic carbocycles. The Balaban J connectivity index is 1.81. The van der Waals surface area contributed by atoms with Crippen molar-refractivity contribution in [2.75, 3.05) is 6.61 Å². The standard InChI is InChI=1S/C19H15F3N2O3S/c20-19(21,22)10-27-16-5-3-12(18(17(25)26)6-1-7-18)9-13(16)11-2-4-14-15(8-11)24-28-23-14/h2-5,8-9H,1,6-7,10H2,(H,25,26). The van der Waals surface area contributed by atoms with Crippen LogP contribution in [0.5, 0.6) is 5.75 Å². The minimum absolute atomic E-state index is 0.0449. The lowest BCUT2D eigenvalue weighted by molar-refractivity contribution is -0.153. The summed E-state index contributed by atoms with van der Waals surface area (Å²) in [5.41, 5.74) is 1.87. The topological polar surface area (TPSA) is 72.3 Å². The van der Waals surface area contributed by atoms with Crippen molar-refractivity contribution in [1.82, 2.24) is 8.75 Å². The van der Waals surface area contributed by atoms with Crippen LogP contribution in [-0.4, -0.2) is 32.6 Å². The van der Waals surface area contributed by atoms with Crippen LogP contribution in [0.15, 0.2) is 36.4 Å². The predicted octanol–water partition coefficient (Wildman–Crippen LogP) is 4.81. The van der Waals surface area contributed by atoms with Crippen LogP contribution in [0.3, 0.4) is 0 Å². The number of ether oxygens (including phenoxy) is 1. The first kappa shape index (κ1) is 18.7. The van der Waals surface area contributed by atoms with Gasteiger partial charge < -0.3 is 9.84 Å². The van der Waals surface area contributed by atoms with Crippen molar-refractivity contribution in [1.29, 1.82) is 0 Å². The molecular weight excluding hydrogens is 393 g/mol. The van der Waals surface area contributed by atoms with Gasteiger partial charge in [0.2, 0.25) is 0 Å². The fourth-order valence-electron chi connectivity index (χ4n) is 3.44. The summed E-state index contributed by atoms with van der Waals surface area (Å²) in [5.74, 6) is -0.878. The minimum atomic E-state index is -4.48. The van der Waals surface area contributed by atoms with E-state index in [2.05, 4.69) is 8.75 Å². The lowest BCUT2D eigenvalue weighted by Gasteiger charge is -2.38. The molecule has 0 spiro atoms. The van der Waals surface area contributed by atoms with Crippen molar-refractivity contribution in [2.24, 2.45) is 0 Å². The molecule has 1 heterocycles. The van der Waals surface area contributed by atoms with E-state index >= 15 is 0 Å². The zero-order valence-corrected chi connectivity index (χ0v) is 15.3. The highest BCUT2D eigenvalue weighted by molar-refractivity contribution is 7.00. The Kier molecular flexibility index (Phi) is 4.49. The first-order valence-electron chi connectivity index (χ1n) is 8.59. The third kappa shape index (κ3) is 3.30. The normalized spacial score (nSPS) is 16.0. The van der Waals surface area contributed by atoms with Crippen molar-refractivity contribution in [3.63, 3.8) is 0 Å². The molecule has 28 heavy (non-hydrogen) atoms. The van der Waals surface area contributed by atoms with Crippen LogP contribution in [0.2, 0.25) is 0 Å². The quantitative estimate of drug-likeness (QED) is 0.656. The number of carboxylic acids is 1. The Morgan fingerprint density at radius 2 is 1.89 bits per heavy atom. The van der Waals surface area contributed by atoms with E-state index in [1.165, 1.54) is 6.07 Å². The Hall–Kier alpha value is -2.68. The lowest BCUT2D eigenvalue weighted by atomic mass is 9.64. The van der Waals surface area contributed by atoms with Crippen LogP contribution in [0, 0.1) is 0 Å². The first-order valence-corrected chi connectivity index (χ1v) is 9.32. The lowest BCUT2D eigenvalue weighted by Crippen LogP contribution is -2.42. The van der Waals surface area contributed by atoms with Gasteiger partial charge >= 0.3 is 12.1 Å². The number of halogens is 3. The molecule has 0 amide bonds. The molecule has 0 atom stereocenters. The summed E-state index contributed by atoms with van der Waals surface area (Å²) in [5, 5.41) is 9.69. The van der Waals surface area contributed by atoms with E-state index in [1.54, 1.807) is 30.3 Å². The van der Waals surface area contributed by atoms with E-state index in [-0.39, 0.29) is 5.75 Å². The molecule has 1 aliphatic carbocycles. The van der Waals surface area contributed by atoms with Crippen LogP contribution >= 0.6 is 11.7 Å². The summed E-state index contributed by atoms with van der Waals surface area (Å²) in [7, 11) is 0. The minimum Gasteiger partial charge on any atom is -0.483 e. The fourth-order valence-corrected chi connectivity index (χ4v) is 3.96. The average Bonchev–Trinajstić information content (AvgIpc) is 3.06. The Bertz CT molecular complexity index is 1040. The van der Waals surface area contributed by atoms with Crippen LogP contribution < -0.4 is 4.74 Å². The Morgan fingerprint density at radius 3 is 2.54 bits per heavy atom. The highest BCUT2D eigenvalue weighted by Gasteiger charge is 2.46. The van der Waals surface area contributed by atoms with E-state index < -0.39 is 24.2 Å². The van der Waals surface area contributed by atoms with Gasteiger partial charge in [-0.3, -0.25) is 4.79 Å². The van der Waals surface area contributed by atoms with E-state index in [0.717, 1.165) is 18.1 Å². The smallest absolute Gasteiger partial charge is 0.422 e. The number of alkyl halides is 3. The molecule has 0 saturated heterocycles. The molecule has 0 bridgehead atoms. The number of aliphatic carboxylic acids is 1. The number of aromatic nitrogens is 2. The molecule has 3 aromatic rings. The van der Waals surface area contributed by atoms with Gasteiger partial charge in [-0.05, 0) is 48.2 Å². The van der Waals surface area contributed by atoms with Crippen LogP contribution in [0.4, 0.5) is 13.2 Å². The van der Waals surface area contributed by atoms with Crippen molar-refractivity contribution < 1.29 is 27.8 Å². The number of carboxylic acid groups (broad SMARTS) is 1. The SMILES string of the molecule is O=C(O)C1(c2ccc(OCC(F)(F)F)c(-c3ccc4nsnc4c3)c2)CCC1. The molecule has 0 radical (unpaired) electrons. The summed E-state index contributed by atoms with van der Waals surface area (Å²) in [4.78, 5) is 11.8. The van der Waals surface area contributed by atoms with Gasteiger partial charge in [0.05, 0.1) is 17.1 Å². The third-order valence-corrected chi connectivity index (χ3v) is 5.66. The van der Waals surface area contributed by atoms with Crippen molar-refractivity contribution >= 4 is 28.7 Å². The van der Waals surface area contributed by atoms with Gasteiger partial charge in [0.1, 0.15) is 16.8 Å². The van der Waals surface area contributed by atoms with E-state index in [0.29, 0.717) is 40.6 Å². The predicted molar refractivity (Wildman–Crippen MR) is 97.6 cm³/mol. The van der Waals surface area contributed by atoms with Gasteiger partial charge in [-0.1, -0.05) is 18.6 Å². The molecule has 1 N–H and O–H groups in total. The van der Waals surface area contributed by atoms with Crippen molar-refractivity contribution in [3.05, 3.63) is 42.0 Å². The number of fused-ring (bicyclic) bond motifs is 1. The van der Waals surface area contributed by atoms with Gasteiger partial charge in [-0.2, -0.15) is 21.9 Å². The second kappa shape index (κ2) is 6.73. The monoisotopic (exact) mass is 408 g/mol. The molecule has 146 valence electrons. The maximum atomic E-state index is 12.7. The highest BCUT2D eigenvalue weighted by atomic mass is 32.1. The van der Waals surface area contributed by atoms with Crippen LogP contribution in [0.1, 0.15) is 24.8 Å². The maximum absolute atomic E-state index is 12.7. The average molecular weight is 408 g/mol. The maximum Gasteiger partial charge on any atom is 0.422 e. The zero-order chi connectivity index (χ0) is 19.9. The first-order chi connectivity index (χ1) is 13.3. The van der Waals surface area contributed by atoms with Crippen molar-refractivity contribution in [2.45, 2.75) is 30.9 Å². The second-order valence-electron chi connectivity index (χ2n) is 6.82. The number of rotatable bonds is 5. The zero-order valence-electron chi connectivity index (χ0n) is 14.5. The molecule has 1 aromatic heterocycles. The van der Waals surface area contributed by atoms with Gasteiger partial charge in [-0.15, -0.1) is 0 Å². The molecule has 5 nitrogen and oxygen atoms in total. The Labute approximate surface area is 162 Å². The van der Waals surface area contributed by atoms with Crippen LogP contribution in [-0.2, 0) is 10.2 Å². The summed E-state index contributed by atoms with van der Waals surface area (Å²) in [6.45, 7) is -1.43. The summed E-state index contributed by atoms with van der Waals surface area (Å²) >= 11 is 1.04. The highest BCUT2D eigenvalue weighted by Crippen LogP contribution is 2.46. The second-order valence-corrected chi connectivity index (χ2v) is 7.35. The van der Waals surface area contributed by atoms with Gasteiger partial charge in [0.15, 0.2) is 6.61 Å². The van der Waals surface area contributed by atoms with E-state index in [9.17, 15) is 23.1 Å². The summed E-state index contributed by atoms with van der Waals surface area (Å²) in [6, 6.07) is 9.75. The van der Waals surface area contributed by atoms with Gasteiger partial charge in [0, 0.05) is 5.56 Å². The molecule has 4 rings (SSSR count). The molecule has 9 heteroatoms. The molecule has 1 aliphatic rings. The summed E-state index contributed by atoms with van der Waals surface area (Å²) < 4.78 is 51.3. The third-order valence-electron chi connectivity index (χ3n) is 5.10. The van der Waals surface area contributed by atoms with Gasteiger partial charge in [-0.25, -0.2) is 0 Å². The number of hydrogen-bond acceptors (Lipinski definition) is 5. The number of carbonyl (C=O) groups is 1. The molecule has 1 saturated carbocycles.